The third-order valence-corrected chi connectivity index (χ3v) is 8.57. The number of hydrogen-bond donors (Lipinski definition) is 1. The number of ether oxygens (including phenoxy) is 4. The molecule has 2 heterocycles. The molecule has 1 saturated carbocycles. The molecular weight excluding hydrogens is 527 g/mol. The van der Waals surface area contributed by atoms with E-state index >= 15 is 0 Å². The maximum absolute atomic E-state index is 13.1. The zero-order valence-corrected chi connectivity index (χ0v) is 23.4. The van der Waals surface area contributed by atoms with Crippen molar-refractivity contribution in [3.05, 3.63) is 57.6 Å². The second kappa shape index (κ2) is 12.4. The minimum atomic E-state index is -0.313. The van der Waals surface area contributed by atoms with Crippen molar-refractivity contribution >= 4 is 29.1 Å². The van der Waals surface area contributed by atoms with E-state index in [2.05, 4.69) is 10.2 Å². The maximum Gasteiger partial charge on any atom is 0.251 e. The van der Waals surface area contributed by atoms with E-state index in [9.17, 15) is 4.79 Å². The molecule has 3 fully saturated rings. The fourth-order valence-corrected chi connectivity index (χ4v) is 6.30. The lowest BCUT2D eigenvalue weighted by atomic mass is 9.88. The van der Waals surface area contributed by atoms with Gasteiger partial charge in [-0.1, -0.05) is 29.3 Å². The van der Waals surface area contributed by atoms with Crippen LogP contribution >= 0.6 is 23.2 Å². The van der Waals surface area contributed by atoms with Gasteiger partial charge in [0.05, 0.1) is 26.9 Å². The average Bonchev–Trinajstić information content (AvgIpc) is 3.38. The Morgan fingerprint density at radius 2 is 1.76 bits per heavy atom. The summed E-state index contributed by atoms with van der Waals surface area (Å²) in [5.41, 5.74) is 1.50. The minimum Gasteiger partial charge on any atom is -0.493 e. The highest BCUT2D eigenvalue weighted by Crippen LogP contribution is 2.38. The zero-order valence-electron chi connectivity index (χ0n) is 21.8. The molecule has 7 nitrogen and oxygen atoms in total. The van der Waals surface area contributed by atoms with Crippen molar-refractivity contribution in [1.82, 2.24) is 10.2 Å². The quantitative estimate of drug-likeness (QED) is 0.458. The van der Waals surface area contributed by atoms with E-state index in [0.29, 0.717) is 46.2 Å². The molecule has 1 amide bonds. The summed E-state index contributed by atoms with van der Waals surface area (Å²) in [6, 6.07) is 11.5. The van der Waals surface area contributed by atoms with Crippen LogP contribution < -0.4 is 14.8 Å². The fourth-order valence-electron chi connectivity index (χ4n) is 5.80. The highest BCUT2D eigenvalue weighted by molar-refractivity contribution is 6.35. The summed E-state index contributed by atoms with van der Waals surface area (Å²) in [5.74, 6) is 0.712. The summed E-state index contributed by atoms with van der Waals surface area (Å²) in [6.45, 7) is 3.82. The first kappa shape index (κ1) is 27.5. The number of carbonyl (C=O) groups is 1. The van der Waals surface area contributed by atoms with Crippen LogP contribution in [0.3, 0.4) is 0 Å². The van der Waals surface area contributed by atoms with Gasteiger partial charge in [-0.05, 0) is 61.6 Å². The van der Waals surface area contributed by atoms with Crippen molar-refractivity contribution in [3.8, 4) is 11.5 Å². The van der Waals surface area contributed by atoms with Crippen LogP contribution in [0.2, 0.25) is 10.0 Å². The van der Waals surface area contributed by atoms with Crippen LogP contribution in [0, 0.1) is 0 Å². The molecular formula is C29H36Cl2N2O5. The second-order valence-corrected chi connectivity index (χ2v) is 11.2. The Balaban J connectivity index is 1.10. The third kappa shape index (κ3) is 6.57. The SMILES string of the molecule is COc1ccc(C(=O)NC2CCN(C3CCC4(CC3)OCCO4)CC2)cc1OCCc1ccc(Cl)cc1Cl. The van der Waals surface area contributed by atoms with Gasteiger partial charge in [-0.2, -0.15) is 0 Å². The predicted octanol–water partition coefficient (Wildman–Crippen LogP) is 5.50. The highest BCUT2D eigenvalue weighted by Gasteiger charge is 2.42. The summed E-state index contributed by atoms with van der Waals surface area (Å²) in [4.78, 5) is 15.7. The van der Waals surface area contributed by atoms with Crippen molar-refractivity contribution in [2.75, 3.05) is 40.0 Å². The van der Waals surface area contributed by atoms with Gasteiger partial charge in [0.1, 0.15) is 0 Å². The van der Waals surface area contributed by atoms with Crippen LogP contribution in [0.25, 0.3) is 0 Å². The monoisotopic (exact) mass is 562 g/mol. The second-order valence-electron chi connectivity index (χ2n) is 10.3. The molecule has 0 aromatic heterocycles. The molecule has 2 aromatic carbocycles. The molecule has 1 spiro atoms. The van der Waals surface area contributed by atoms with Gasteiger partial charge in [0.2, 0.25) is 0 Å². The molecule has 1 aliphatic carbocycles. The molecule has 38 heavy (non-hydrogen) atoms. The van der Waals surface area contributed by atoms with Gasteiger partial charge in [0, 0.05) is 60.0 Å². The number of likely N-dealkylation sites (tertiary alicyclic amines) is 1. The Morgan fingerprint density at radius 3 is 2.45 bits per heavy atom. The van der Waals surface area contributed by atoms with Crippen molar-refractivity contribution in [2.24, 2.45) is 0 Å². The summed E-state index contributed by atoms with van der Waals surface area (Å²) >= 11 is 12.3. The van der Waals surface area contributed by atoms with Gasteiger partial charge < -0.3 is 29.2 Å². The Kier molecular flexibility index (Phi) is 9.01. The lowest BCUT2D eigenvalue weighted by Crippen LogP contribution is -2.50. The molecule has 5 rings (SSSR count). The van der Waals surface area contributed by atoms with Crippen LogP contribution in [0.5, 0.6) is 11.5 Å². The number of nitrogens with zero attached hydrogens (tertiary/aromatic N) is 1. The lowest BCUT2D eigenvalue weighted by molar-refractivity contribution is -0.184. The molecule has 0 atom stereocenters. The molecule has 2 aliphatic heterocycles. The highest BCUT2D eigenvalue weighted by atomic mass is 35.5. The van der Waals surface area contributed by atoms with Gasteiger partial charge >= 0.3 is 0 Å². The molecule has 0 unspecified atom stereocenters. The fraction of sp³-hybridized carbons (Fsp3) is 0.552. The minimum absolute atomic E-state index is 0.0909. The Hall–Kier alpha value is -2.03. The topological polar surface area (TPSA) is 69.3 Å². The first-order valence-electron chi connectivity index (χ1n) is 13.5. The number of halogens is 2. The number of nitrogens with one attached hydrogen (secondary N) is 1. The van der Waals surface area contributed by atoms with Gasteiger partial charge in [-0.15, -0.1) is 0 Å². The van der Waals surface area contributed by atoms with Crippen LogP contribution in [0.1, 0.15) is 54.4 Å². The molecule has 2 aromatic rings. The molecule has 0 bridgehead atoms. The number of methoxy groups -OCH3 is 1. The van der Waals surface area contributed by atoms with Crippen LogP contribution in [0.4, 0.5) is 0 Å². The molecule has 1 N–H and O–H groups in total. The number of rotatable bonds is 8. The summed E-state index contributed by atoms with van der Waals surface area (Å²) < 4.78 is 23.2. The predicted molar refractivity (Wildman–Crippen MR) is 148 cm³/mol. The van der Waals surface area contributed by atoms with Gasteiger partial charge in [-0.3, -0.25) is 4.79 Å². The van der Waals surface area contributed by atoms with E-state index in [4.69, 9.17) is 42.1 Å². The number of hydrogen-bond acceptors (Lipinski definition) is 6. The molecule has 2 saturated heterocycles. The molecule has 3 aliphatic rings. The maximum atomic E-state index is 13.1. The Bertz CT molecular complexity index is 1110. The number of piperidine rings is 1. The van der Waals surface area contributed by atoms with Gasteiger partial charge in [-0.25, -0.2) is 0 Å². The van der Waals surface area contributed by atoms with Crippen molar-refractivity contribution in [3.63, 3.8) is 0 Å². The van der Waals surface area contributed by atoms with Gasteiger partial charge in [0.15, 0.2) is 17.3 Å². The van der Waals surface area contributed by atoms with E-state index in [-0.39, 0.29) is 17.7 Å². The Labute approximate surface area is 234 Å². The van der Waals surface area contributed by atoms with Crippen molar-refractivity contribution in [2.45, 2.75) is 62.8 Å². The normalized spacial score (nSPS) is 20.5. The largest absolute Gasteiger partial charge is 0.493 e. The summed E-state index contributed by atoms with van der Waals surface area (Å²) in [7, 11) is 1.59. The van der Waals surface area contributed by atoms with Crippen LogP contribution in [-0.2, 0) is 15.9 Å². The smallest absolute Gasteiger partial charge is 0.251 e. The number of amides is 1. The van der Waals surface area contributed by atoms with E-state index in [1.807, 2.05) is 12.1 Å². The molecule has 206 valence electrons. The molecule has 0 radical (unpaired) electrons. The van der Waals surface area contributed by atoms with Crippen molar-refractivity contribution < 1.29 is 23.7 Å². The number of benzene rings is 2. The van der Waals surface area contributed by atoms with E-state index in [0.717, 1.165) is 70.4 Å². The van der Waals surface area contributed by atoms with Crippen LogP contribution in [-0.4, -0.2) is 68.7 Å². The van der Waals surface area contributed by atoms with Crippen LogP contribution in [0.15, 0.2) is 36.4 Å². The van der Waals surface area contributed by atoms with Crippen molar-refractivity contribution in [1.29, 1.82) is 0 Å². The zero-order chi connectivity index (χ0) is 26.5. The van der Waals surface area contributed by atoms with E-state index in [1.54, 1.807) is 31.4 Å². The lowest BCUT2D eigenvalue weighted by Gasteiger charge is -2.43. The standard InChI is InChI=1S/C29H36Cl2N2O5/c1-35-26-5-3-21(18-27(26)36-15-10-20-2-4-22(30)19-25(20)31)28(34)32-23-8-13-33(14-9-23)24-6-11-29(12-7-24)37-16-17-38-29/h2-5,18-19,23-24H,6-17H2,1H3,(H,32,34). The Morgan fingerprint density at radius 1 is 1.03 bits per heavy atom. The third-order valence-electron chi connectivity index (χ3n) is 7.98. The molecule has 9 heteroatoms. The van der Waals surface area contributed by atoms with E-state index < -0.39 is 0 Å². The summed E-state index contributed by atoms with van der Waals surface area (Å²) in [6.07, 6.45) is 6.66. The average molecular weight is 564 g/mol. The first-order chi connectivity index (χ1) is 18.4. The first-order valence-corrected chi connectivity index (χ1v) is 14.3. The number of carbonyl (C=O) groups excluding carboxylic acids is 1. The van der Waals surface area contributed by atoms with Gasteiger partial charge in [0.25, 0.3) is 5.91 Å². The summed E-state index contributed by atoms with van der Waals surface area (Å²) in [5, 5.41) is 4.43. The van der Waals surface area contributed by atoms with E-state index in [1.165, 1.54) is 0 Å².